The fraction of sp³-hybridized carbons (Fsp3) is 0.133. The SMILES string of the molecule is CC(=O)Cc1cccc2[nH]c3ccccc3c12. The number of rotatable bonds is 2. The number of hydrogen-bond acceptors (Lipinski definition) is 1. The lowest BCUT2D eigenvalue weighted by molar-refractivity contribution is -0.116. The molecule has 2 heteroatoms. The van der Waals surface area contributed by atoms with Crippen LogP contribution in [0.5, 0.6) is 0 Å². The lowest BCUT2D eigenvalue weighted by Gasteiger charge is -2.00. The number of para-hydroxylation sites is 1. The van der Waals surface area contributed by atoms with E-state index in [0.29, 0.717) is 6.42 Å². The summed E-state index contributed by atoms with van der Waals surface area (Å²) in [7, 11) is 0. The lowest BCUT2D eigenvalue weighted by atomic mass is 10.0. The van der Waals surface area contributed by atoms with Crippen LogP contribution >= 0.6 is 0 Å². The van der Waals surface area contributed by atoms with Gasteiger partial charge in [-0.2, -0.15) is 0 Å². The first-order valence-corrected chi connectivity index (χ1v) is 5.73. The van der Waals surface area contributed by atoms with E-state index in [0.717, 1.165) is 16.6 Å². The number of ketones is 1. The van der Waals surface area contributed by atoms with E-state index in [-0.39, 0.29) is 5.78 Å². The van der Waals surface area contributed by atoms with Gasteiger partial charge in [0, 0.05) is 28.2 Å². The number of Topliss-reactive ketones (excluding diaryl/α,β-unsaturated/α-hetero) is 1. The molecule has 0 amide bonds. The minimum absolute atomic E-state index is 0.197. The quantitative estimate of drug-likeness (QED) is 0.709. The number of benzene rings is 2. The van der Waals surface area contributed by atoms with E-state index in [9.17, 15) is 4.79 Å². The van der Waals surface area contributed by atoms with Gasteiger partial charge in [0.1, 0.15) is 5.78 Å². The zero-order valence-electron chi connectivity index (χ0n) is 9.66. The van der Waals surface area contributed by atoms with Gasteiger partial charge in [0.2, 0.25) is 0 Å². The van der Waals surface area contributed by atoms with Crippen LogP contribution in [0.4, 0.5) is 0 Å². The van der Waals surface area contributed by atoms with Gasteiger partial charge >= 0.3 is 0 Å². The second kappa shape index (κ2) is 3.74. The fourth-order valence-corrected chi connectivity index (χ4v) is 2.39. The van der Waals surface area contributed by atoms with Gasteiger partial charge in [0.15, 0.2) is 0 Å². The van der Waals surface area contributed by atoms with Crippen LogP contribution in [-0.2, 0) is 11.2 Å². The molecule has 1 heterocycles. The Morgan fingerprint density at radius 2 is 1.82 bits per heavy atom. The summed E-state index contributed by atoms with van der Waals surface area (Å²) in [6, 6.07) is 14.3. The van der Waals surface area contributed by atoms with Gasteiger partial charge in [0.05, 0.1) is 0 Å². The third-order valence-corrected chi connectivity index (χ3v) is 3.06. The first-order valence-electron chi connectivity index (χ1n) is 5.73. The minimum Gasteiger partial charge on any atom is -0.355 e. The van der Waals surface area contributed by atoms with E-state index in [1.807, 2.05) is 24.3 Å². The van der Waals surface area contributed by atoms with Crippen molar-refractivity contribution in [3.05, 3.63) is 48.0 Å². The van der Waals surface area contributed by atoms with Gasteiger partial charge in [-0.05, 0) is 24.6 Å². The maximum atomic E-state index is 11.3. The summed E-state index contributed by atoms with van der Waals surface area (Å²) in [4.78, 5) is 14.7. The van der Waals surface area contributed by atoms with Crippen molar-refractivity contribution in [2.75, 3.05) is 0 Å². The predicted molar refractivity (Wildman–Crippen MR) is 70.2 cm³/mol. The Hall–Kier alpha value is -2.09. The van der Waals surface area contributed by atoms with Crippen LogP contribution in [0.15, 0.2) is 42.5 Å². The number of aromatic amines is 1. The number of fused-ring (bicyclic) bond motifs is 3. The predicted octanol–water partition coefficient (Wildman–Crippen LogP) is 3.45. The molecule has 0 radical (unpaired) electrons. The lowest BCUT2D eigenvalue weighted by Crippen LogP contribution is -1.96. The van der Waals surface area contributed by atoms with E-state index < -0.39 is 0 Å². The molecular formula is C15H13NO. The van der Waals surface area contributed by atoms with E-state index in [1.165, 1.54) is 10.8 Å². The summed E-state index contributed by atoms with van der Waals surface area (Å²) in [5.41, 5.74) is 3.33. The highest BCUT2D eigenvalue weighted by Gasteiger charge is 2.08. The molecule has 0 atom stereocenters. The van der Waals surface area contributed by atoms with Crippen LogP contribution in [0.1, 0.15) is 12.5 Å². The number of nitrogens with one attached hydrogen (secondary N) is 1. The zero-order chi connectivity index (χ0) is 11.8. The smallest absolute Gasteiger partial charge is 0.134 e. The third-order valence-electron chi connectivity index (χ3n) is 3.06. The van der Waals surface area contributed by atoms with Crippen LogP contribution in [0.2, 0.25) is 0 Å². The van der Waals surface area contributed by atoms with Gasteiger partial charge in [-0.3, -0.25) is 4.79 Å². The molecule has 0 saturated carbocycles. The molecular weight excluding hydrogens is 210 g/mol. The molecule has 17 heavy (non-hydrogen) atoms. The van der Waals surface area contributed by atoms with Gasteiger partial charge in [-0.15, -0.1) is 0 Å². The molecule has 1 aromatic heterocycles. The molecule has 0 aliphatic rings. The molecule has 0 spiro atoms. The molecule has 0 bridgehead atoms. The van der Waals surface area contributed by atoms with Crippen molar-refractivity contribution < 1.29 is 4.79 Å². The minimum atomic E-state index is 0.197. The van der Waals surface area contributed by atoms with Gasteiger partial charge in [-0.25, -0.2) is 0 Å². The Balaban J connectivity index is 2.39. The molecule has 84 valence electrons. The van der Waals surface area contributed by atoms with Crippen molar-refractivity contribution in [2.45, 2.75) is 13.3 Å². The highest BCUT2D eigenvalue weighted by Crippen LogP contribution is 2.28. The highest BCUT2D eigenvalue weighted by atomic mass is 16.1. The van der Waals surface area contributed by atoms with Crippen molar-refractivity contribution >= 4 is 27.6 Å². The molecule has 0 aliphatic carbocycles. The number of hydrogen-bond donors (Lipinski definition) is 1. The normalized spacial score (nSPS) is 11.1. The van der Waals surface area contributed by atoms with Crippen molar-refractivity contribution in [3.63, 3.8) is 0 Å². The third kappa shape index (κ3) is 1.62. The molecule has 0 saturated heterocycles. The standard InChI is InChI=1S/C15H13NO/c1-10(17)9-11-5-4-8-14-15(11)12-6-2-3-7-13(12)16-14/h2-8,16H,9H2,1H3. The monoisotopic (exact) mass is 223 g/mol. The molecule has 3 aromatic rings. The molecule has 0 unspecified atom stereocenters. The molecule has 2 nitrogen and oxygen atoms in total. The van der Waals surface area contributed by atoms with Crippen LogP contribution < -0.4 is 0 Å². The van der Waals surface area contributed by atoms with Crippen LogP contribution in [0, 0.1) is 0 Å². The van der Waals surface area contributed by atoms with Crippen LogP contribution in [0.3, 0.4) is 0 Å². The van der Waals surface area contributed by atoms with Crippen molar-refractivity contribution in [1.82, 2.24) is 4.98 Å². The van der Waals surface area contributed by atoms with Gasteiger partial charge < -0.3 is 4.98 Å². The summed E-state index contributed by atoms with van der Waals surface area (Å²) < 4.78 is 0. The number of aromatic nitrogens is 1. The molecule has 1 N–H and O–H groups in total. The van der Waals surface area contributed by atoms with Crippen molar-refractivity contribution in [1.29, 1.82) is 0 Å². The maximum Gasteiger partial charge on any atom is 0.134 e. The summed E-state index contributed by atoms with van der Waals surface area (Å²) in [6.45, 7) is 1.63. The molecule has 0 aliphatic heterocycles. The summed E-state index contributed by atoms with van der Waals surface area (Å²) in [5.74, 6) is 0.197. The summed E-state index contributed by atoms with van der Waals surface area (Å²) in [5, 5.41) is 2.37. The Bertz CT molecular complexity index is 709. The second-order valence-corrected chi connectivity index (χ2v) is 4.39. The van der Waals surface area contributed by atoms with Crippen molar-refractivity contribution in [3.8, 4) is 0 Å². The Labute approximate surface area is 99.3 Å². The fourth-order valence-electron chi connectivity index (χ4n) is 2.39. The first-order chi connectivity index (χ1) is 8.25. The zero-order valence-corrected chi connectivity index (χ0v) is 9.66. The first kappa shape index (κ1) is 10.1. The number of carbonyl (C=O) groups is 1. The topological polar surface area (TPSA) is 32.9 Å². The van der Waals surface area contributed by atoms with Crippen molar-refractivity contribution in [2.24, 2.45) is 0 Å². The van der Waals surface area contributed by atoms with E-state index in [4.69, 9.17) is 0 Å². The molecule has 0 fully saturated rings. The van der Waals surface area contributed by atoms with Gasteiger partial charge in [0.25, 0.3) is 0 Å². The molecule has 3 rings (SSSR count). The van der Waals surface area contributed by atoms with E-state index in [2.05, 4.69) is 23.2 Å². The highest BCUT2D eigenvalue weighted by molar-refractivity contribution is 6.09. The average Bonchev–Trinajstić information content (AvgIpc) is 2.67. The Morgan fingerprint density at radius 1 is 1.06 bits per heavy atom. The molecule has 2 aromatic carbocycles. The van der Waals surface area contributed by atoms with Gasteiger partial charge in [-0.1, -0.05) is 30.3 Å². The largest absolute Gasteiger partial charge is 0.355 e. The number of H-pyrrole nitrogens is 1. The second-order valence-electron chi connectivity index (χ2n) is 4.39. The Kier molecular flexibility index (Phi) is 2.22. The average molecular weight is 223 g/mol. The summed E-state index contributed by atoms with van der Waals surface area (Å²) in [6.07, 6.45) is 0.499. The van der Waals surface area contributed by atoms with Crippen LogP contribution in [0.25, 0.3) is 21.8 Å². The van der Waals surface area contributed by atoms with E-state index >= 15 is 0 Å². The van der Waals surface area contributed by atoms with Crippen LogP contribution in [-0.4, -0.2) is 10.8 Å². The van der Waals surface area contributed by atoms with E-state index in [1.54, 1.807) is 6.92 Å². The number of carbonyl (C=O) groups excluding carboxylic acids is 1. The summed E-state index contributed by atoms with van der Waals surface area (Å²) >= 11 is 0. The maximum absolute atomic E-state index is 11.3. The Morgan fingerprint density at radius 3 is 2.65 bits per heavy atom.